The lowest BCUT2D eigenvalue weighted by molar-refractivity contribution is 0.0906. The van der Waals surface area contributed by atoms with Gasteiger partial charge in [-0.15, -0.1) is 11.3 Å². The van der Waals surface area contributed by atoms with Gasteiger partial charge in [0.25, 0.3) is 5.91 Å². The minimum absolute atomic E-state index is 0.0362. The number of benzene rings is 1. The molecule has 0 spiro atoms. The molecule has 0 aliphatic carbocycles. The van der Waals surface area contributed by atoms with Gasteiger partial charge < -0.3 is 5.32 Å². The van der Waals surface area contributed by atoms with Crippen LogP contribution in [0.4, 0.5) is 0 Å². The van der Waals surface area contributed by atoms with E-state index in [0.717, 1.165) is 13.8 Å². The summed E-state index contributed by atoms with van der Waals surface area (Å²) in [6.07, 6.45) is 0. The van der Waals surface area contributed by atoms with Gasteiger partial charge in [-0.05, 0) is 48.9 Å². The summed E-state index contributed by atoms with van der Waals surface area (Å²) in [6, 6.07) is 11.9. The molecule has 1 atom stereocenters. The van der Waals surface area contributed by atoms with Crippen molar-refractivity contribution >= 4 is 49.1 Å². The van der Waals surface area contributed by atoms with Crippen LogP contribution in [0.15, 0.2) is 44.7 Å². The van der Waals surface area contributed by atoms with Gasteiger partial charge in [0, 0.05) is 4.47 Å². The zero-order valence-electron chi connectivity index (χ0n) is 12.1. The summed E-state index contributed by atoms with van der Waals surface area (Å²) < 4.78 is 1.84. The molecule has 1 aromatic heterocycles. The van der Waals surface area contributed by atoms with E-state index in [0.29, 0.717) is 4.88 Å². The Hall–Kier alpha value is -0.650. The average Bonchev–Trinajstić information content (AvgIpc) is 2.75. The Balaban J connectivity index is 2.26. The van der Waals surface area contributed by atoms with Gasteiger partial charge in [-0.3, -0.25) is 4.79 Å². The van der Waals surface area contributed by atoms with Crippen molar-refractivity contribution < 1.29 is 4.79 Å². The van der Waals surface area contributed by atoms with Gasteiger partial charge in [0.05, 0.1) is 14.7 Å². The van der Waals surface area contributed by atoms with Crippen LogP contribution in [0.1, 0.15) is 42.0 Å². The van der Waals surface area contributed by atoms with E-state index in [-0.39, 0.29) is 17.4 Å². The summed E-state index contributed by atoms with van der Waals surface area (Å²) >= 11 is 8.27. The first-order valence-corrected chi connectivity index (χ1v) is 9.00. The van der Waals surface area contributed by atoms with Crippen molar-refractivity contribution in [3.05, 3.63) is 55.1 Å². The zero-order valence-corrected chi connectivity index (χ0v) is 16.1. The van der Waals surface area contributed by atoms with Crippen molar-refractivity contribution in [1.29, 1.82) is 0 Å². The Morgan fingerprint density at radius 1 is 1.19 bits per heavy atom. The molecular weight excluding hydrogens is 414 g/mol. The molecule has 0 bridgehead atoms. The van der Waals surface area contributed by atoms with Crippen molar-refractivity contribution in [2.45, 2.75) is 26.8 Å². The highest BCUT2D eigenvalue weighted by Gasteiger charge is 2.28. The molecule has 0 saturated heterocycles. The lowest BCUT2D eigenvalue weighted by Gasteiger charge is -2.31. The monoisotopic (exact) mass is 429 g/mol. The first kappa shape index (κ1) is 16.7. The fourth-order valence-corrected chi connectivity index (χ4v) is 4.04. The van der Waals surface area contributed by atoms with E-state index >= 15 is 0 Å². The minimum atomic E-state index is -0.0667. The van der Waals surface area contributed by atoms with Gasteiger partial charge in [-0.2, -0.15) is 0 Å². The summed E-state index contributed by atoms with van der Waals surface area (Å²) in [5.41, 5.74) is 1.05. The van der Waals surface area contributed by atoms with Crippen LogP contribution in [-0.2, 0) is 0 Å². The number of carbonyl (C=O) groups excluding carboxylic acids is 1. The Bertz CT molecular complexity index is 612. The number of hydrogen-bond donors (Lipinski definition) is 1. The van der Waals surface area contributed by atoms with Crippen molar-refractivity contribution in [1.82, 2.24) is 5.32 Å². The van der Waals surface area contributed by atoms with Crippen LogP contribution in [0.3, 0.4) is 0 Å². The van der Waals surface area contributed by atoms with Crippen LogP contribution >= 0.6 is 43.2 Å². The molecule has 112 valence electrons. The molecule has 1 amide bonds. The predicted octanol–water partition coefficient (Wildman–Crippen LogP) is 5.79. The standard InChI is InChI=1S/C16H17Br2NOS/c1-16(2,3)13(10-7-5-4-6-8-10)19-15(20)12-9-11(17)14(18)21-12/h4-9,13H,1-3H3,(H,19,20). The lowest BCUT2D eigenvalue weighted by atomic mass is 9.82. The molecule has 2 nitrogen and oxygen atoms in total. The molecule has 0 aliphatic rings. The molecule has 5 heteroatoms. The van der Waals surface area contributed by atoms with Gasteiger partial charge in [0.1, 0.15) is 0 Å². The number of halogens is 2. The molecule has 0 aliphatic heterocycles. The molecule has 2 rings (SSSR count). The number of thiophene rings is 1. The largest absolute Gasteiger partial charge is 0.344 e. The second-order valence-electron chi connectivity index (χ2n) is 5.92. The fourth-order valence-electron chi connectivity index (χ4n) is 2.11. The first-order valence-electron chi connectivity index (χ1n) is 6.59. The quantitative estimate of drug-likeness (QED) is 0.655. The lowest BCUT2D eigenvalue weighted by Crippen LogP contribution is -2.36. The molecule has 0 radical (unpaired) electrons. The second-order valence-corrected chi connectivity index (χ2v) is 9.14. The van der Waals surface area contributed by atoms with Crippen LogP contribution < -0.4 is 5.32 Å². The molecule has 1 unspecified atom stereocenters. The first-order chi connectivity index (χ1) is 9.79. The topological polar surface area (TPSA) is 29.1 Å². The third kappa shape index (κ3) is 4.18. The number of nitrogens with one attached hydrogen (secondary N) is 1. The number of hydrogen-bond acceptors (Lipinski definition) is 2. The van der Waals surface area contributed by atoms with Crippen LogP contribution in [0.2, 0.25) is 0 Å². The van der Waals surface area contributed by atoms with Crippen molar-refractivity contribution in [3.63, 3.8) is 0 Å². The van der Waals surface area contributed by atoms with E-state index in [1.807, 2.05) is 24.3 Å². The second kappa shape index (κ2) is 6.63. The highest BCUT2D eigenvalue weighted by molar-refractivity contribution is 9.13. The number of carbonyl (C=O) groups is 1. The van der Waals surface area contributed by atoms with Crippen LogP contribution in [0.25, 0.3) is 0 Å². The molecular formula is C16H17Br2NOS. The third-order valence-electron chi connectivity index (χ3n) is 3.14. The van der Waals surface area contributed by atoms with Gasteiger partial charge >= 0.3 is 0 Å². The highest BCUT2D eigenvalue weighted by atomic mass is 79.9. The molecule has 1 aromatic carbocycles. The normalized spacial score (nSPS) is 13.0. The summed E-state index contributed by atoms with van der Waals surface area (Å²) in [5, 5.41) is 3.16. The molecule has 2 aromatic rings. The highest BCUT2D eigenvalue weighted by Crippen LogP contribution is 2.35. The third-order valence-corrected chi connectivity index (χ3v) is 6.40. The van der Waals surface area contributed by atoms with Crippen LogP contribution in [-0.4, -0.2) is 5.91 Å². The van der Waals surface area contributed by atoms with Crippen LogP contribution in [0, 0.1) is 5.41 Å². The van der Waals surface area contributed by atoms with Crippen molar-refractivity contribution in [2.75, 3.05) is 0 Å². The summed E-state index contributed by atoms with van der Waals surface area (Å²) in [4.78, 5) is 13.2. The maximum absolute atomic E-state index is 12.5. The molecule has 21 heavy (non-hydrogen) atoms. The average molecular weight is 431 g/mol. The van der Waals surface area contributed by atoms with Crippen LogP contribution in [0.5, 0.6) is 0 Å². The van der Waals surface area contributed by atoms with Crippen molar-refractivity contribution in [3.8, 4) is 0 Å². The molecule has 1 N–H and O–H groups in total. The van der Waals surface area contributed by atoms with Gasteiger partial charge in [-0.1, -0.05) is 51.1 Å². The van der Waals surface area contributed by atoms with E-state index in [1.54, 1.807) is 0 Å². The number of amides is 1. The predicted molar refractivity (Wildman–Crippen MR) is 95.8 cm³/mol. The summed E-state index contributed by atoms with van der Waals surface area (Å²) in [6.45, 7) is 6.39. The smallest absolute Gasteiger partial charge is 0.261 e. The summed E-state index contributed by atoms with van der Waals surface area (Å²) in [5.74, 6) is -0.0461. The van der Waals surface area contributed by atoms with Gasteiger partial charge in [0.2, 0.25) is 0 Å². The van der Waals surface area contributed by atoms with Gasteiger partial charge in [0.15, 0.2) is 0 Å². The SMILES string of the molecule is CC(C)(C)C(NC(=O)c1cc(Br)c(Br)s1)c1ccccc1. The van der Waals surface area contributed by atoms with E-state index in [9.17, 15) is 4.79 Å². The Morgan fingerprint density at radius 2 is 1.81 bits per heavy atom. The maximum atomic E-state index is 12.5. The van der Waals surface area contributed by atoms with E-state index in [4.69, 9.17) is 0 Å². The fraction of sp³-hybridized carbons (Fsp3) is 0.312. The van der Waals surface area contributed by atoms with Gasteiger partial charge in [-0.25, -0.2) is 0 Å². The van der Waals surface area contributed by atoms with E-state index in [2.05, 4.69) is 70.1 Å². The van der Waals surface area contributed by atoms with E-state index < -0.39 is 0 Å². The minimum Gasteiger partial charge on any atom is -0.344 e. The number of rotatable bonds is 3. The van der Waals surface area contributed by atoms with Crippen molar-refractivity contribution in [2.24, 2.45) is 5.41 Å². The Morgan fingerprint density at radius 3 is 2.29 bits per heavy atom. The Labute approximate surface area is 146 Å². The molecule has 1 heterocycles. The summed E-state index contributed by atoms with van der Waals surface area (Å²) in [7, 11) is 0. The zero-order chi connectivity index (χ0) is 15.6. The molecule has 0 saturated carbocycles. The van der Waals surface area contributed by atoms with E-state index in [1.165, 1.54) is 11.3 Å². The maximum Gasteiger partial charge on any atom is 0.261 e. The Kier molecular flexibility index (Phi) is 5.28. The molecule has 0 fully saturated rings.